The van der Waals surface area contributed by atoms with Gasteiger partial charge in [-0.25, -0.2) is 0 Å². The number of thiol groups is 1. The Hall–Kier alpha value is -0.580. The summed E-state index contributed by atoms with van der Waals surface area (Å²) < 4.78 is 0.472. The van der Waals surface area contributed by atoms with Crippen molar-refractivity contribution in [2.75, 3.05) is 0 Å². The lowest BCUT2D eigenvalue weighted by Crippen LogP contribution is -2.12. The standard InChI is InChI=1S/C3H6N2O2S/c1-2-3(6)5(8)4-7/h8H,2H2,1H3. The number of hydrogen-bond donors (Lipinski definition) is 1. The van der Waals surface area contributed by atoms with E-state index in [9.17, 15) is 9.70 Å². The lowest BCUT2D eigenvalue weighted by molar-refractivity contribution is -0.125. The van der Waals surface area contributed by atoms with Crippen molar-refractivity contribution in [3.05, 3.63) is 4.91 Å². The molecular formula is C3H6N2O2S. The van der Waals surface area contributed by atoms with E-state index in [1.165, 1.54) is 0 Å². The monoisotopic (exact) mass is 134 g/mol. The molecule has 0 aliphatic carbocycles. The molecule has 0 fully saturated rings. The minimum atomic E-state index is -0.400. The lowest BCUT2D eigenvalue weighted by Gasteiger charge is -1.99. The van der Waals surface area contributed by atoms with Crippen LogP contribution in [0.15, 0.2) is 5.29 Å². The van der Waals surface area contributed by atoms with E-state index >= 15 is 0 Å². The molecule has 0 bridgehead atoms. The number of rotatable bonds is 2. The van der Waals surface area contributed by atoms with Gasteiger partial charge in [-0.05, 0) is 12.8 Å². The molecule has 0 radical (unpaired) electrons. The first kappa shape index (κ1) is 7.42. The minimum absolute atomic E-state index is 0.245. The fraction of sp³-hybridized carbons (Fsp3) is 0.667. The molecular weight excluding hydrogens is 128 g/mol. The van der Waals surface area contributed by atoms with Gasteiger partial charge in [0.2, 0.25) is 0 Å². The molecule has 0 atom stereocenters. The van der Waals surface area contributed by atoms with Gasteiger partial charge < -0.3 is 0 Å². The summed E-state index contributed by atoms with van der Waals surface area (Å²) in [4.78, 5) is 19.8. The largest absolute Gasteiger partial charge is 0.272 e. The van der Waals surface area contributed by atoms with E-state index in [2.05, 4.69) is 18.1 Å². The van der Waals surface area contributed by atoms with Crippen LogP contribution in [0.3, 0.4) is 0 Å². The van der Waals surface area contributed by atoms with Crippen molar-refractivity contribution in [2.45, 2.75) is 13.3 Å². The first-order valence-electron chi connectivity index (χ1n) is 2.07. The molecule has 1 amide bonds. The topological polar surface area (TPSA) is 49.7 Å². The van der Waals surface area contributed by atoms with Crippen LogP contribution in [0.4, 0.5) is 0 Å². The van der Waals surface area contributed by atoms with E-state index in [1.54, 1.807) is 6.92 Å². The molecule has 0 heterocycles. The summed E-state index contributed by atoms with van der Waals surface area (Å²) in [5.41, 5.74) is 0. The zero-order valence-corrected chi connectivity index (χ0v) is 5.26. The summed E-state index contributed by atoms with van der Waals surface area (Å²) in [6.45, 7) is 1.62. The molecule has 0 saturated heterocycles. The second-order valence-corrected chi connectivity index (χ2v) is 1.50. The molecule has 0 aliphatic rings. The van der Waals surface area contributed by atoms with Crippen LogP contribution >= 0.6 is 12.8 Å². The van der Waals surface area contributed by atoms with Gasteiger partial charge in [0.1, 0.15) is 0 Å². The van der Waals surface area contributed by atoms with Crippen molar-refractivity contribution in [3.8, 4) is 0 Å². The van der Waals surface area contributed by atoms with Crippen LogP contribution in [0.2, 0.25) is 0 Å². The Morgan fingerprint density at radius 1 is 1.88 bits per heavy atom. The van der Waals surface area contributed by atoms with E-state index in [1.807, 2.05) is 0 Å². The molecule has 0 rings (SSSR count). The van der Waals surface area contributed by atoms with Gasteiger partial charge in [-0.3, -0.25) is 4.79 Å². The lowest BCUT2D eigenvalue weighted by atomic mass is 10.5. The Bertz CT molecular complexity index is 105. The van der Waals surface area contributed by atoms with Crippen LogP contribution < -0.4 is 0 Å². The highest BCUT2D eigenvalue weighted by Gasteiger charge is 2.03. The molecule has 0 saturated carbocycles. The quantitative estimate of drug-likeness (QED) is 0.344. The van der Waals surface area contributed by atoms with Gasteiger partial charge >= 0.3 is 0 Å². The predicted molar refractivity (Wildman–Crippen MR) is 31.9 cm³/mol. The zero-order valence-electron chi connectivity index (χ0n) is 4.37. The predicted octanol–water partition coefficient (Wildman–Crippen LogP) is 0.751. The smallest absolute Gasteiger partial charge is 0.255 e. The van der Waals surface area contributed by atoms with Crippen LogP contribution in [0.25, 0.3) is 0 Å². The van der Waals surface area contributed by atoms with Gasteiger partial charge in [0.05, 0.1) is 5.29 Å². The Labute approximate surface area is 52.3 Å². The Kier molecular flexibility index (Phi) is 3.18. The van der Waals surface area contributed by atoms with Gasteiger partial charge in [-0.2, -0.15) is 0 Å². The van der Waals surface area contributed by atoms with Gasteiger partial charge in [-0.15, -0.1) is 9.32 Å². The minimum Gasteiger partial charge on any atom is -0.272 e. The van der Waals surface area contributed by atoms with Gasteiger partial charge in [0.25, 0.3) is 5.91 Å². The number of carbonyl (C=O) groups excluding carboxylic acids is 1. The van der Waals surface area contributed by atoms with Crippen LogP contribution in [-0.4, -0.2) is 10.3 Å². The molecule has 46 valence electrons. The molecule has 0 aromatic carbocycles. The number of carbonyl (C=O) groups is 1. The van der Waals surface area contributed by atoms with Crippen LogP contribution in [0.5, 0.6) is 0 Å². The van der Waals surface area contributed by atoms with Gasteiger partial charge in [0.15, 0.2) is 0 Å². The third-order valence-corrected chi connectivity index (χ3v) is 0.899. The maximum atomic E-state index is 10.3. The Morgan fingerprint density at radius 3 is 2.50 bits per heavy atom. The molecule has 8 heavy (non-hydrogen) atoms. The van der Waals surface area contributed by atoms with Gasteiger partial charge in [-0.1, -0.05) is 6.92 Å². The van der Waals surface area contributed by atoms with Crippen molar-refractivity contribution < 1.29 is 4.79 Å². The molecule has 0 spiro atoms. The first-order chi connectivity index (χ1) is 3.72. The zero-order chi connectivity index (χ0) is 6.57. The van der Waals surface area contributed by atoms with E-state index in [0.717, 1.165) is 0 Å². The third-order valence-electron chi connectivity index (χ3n) is 0.603. The third kappa shape index (κ3) is 1.92. The summed E-state index contributed by atoms with van der Waals surface area (Å²) >= 11 is 3.41. The Balaban J connectivity index is 3.62. The maximum absolute atomic E-state index is 10.3. The van der Waals surface area contributed by atoms with E-state index in [4.69, 9.17) is 0 Å². The van der Waals surface area contributed by atoms with Crippen molar-refractivity contribution in [1.29, 1.82) is 0 Å². The summed E-state index contributed by atoms with van der Waals surface area (Å²) in [5.74, 6) is -0.400. The molecule has 0 N–H and O–H groups in total. The highest BCUT2D eigenvalue weighted by atomic mass is 32.1. The van der Waals surface area contributed by atoms with Crippen LogP contribution in [0.1, 0.15) is 13.3 Å². The Morgan fingerprint density at radius 2 is 2.38 bits per heavy atom. The van der Waals surface area contributed by atoms with Crippen molar-refractivity contribution in [2.24, 2.45) is 5.29 Å². The second kappa shape index (κ2) is 3.43. The number of nitrogens with zero attached hydrogens (tertiary/aromatic N) is 2. The second-order valence-electron chi connectivity index (χ2n) is 1.12. The number of hydrogen-bond acceptors (Lipinski definition) is 4. The number of amides is 1. The summed E-state index contributed by atoms with van der Waals surface area (Å²) in [5, 5.41) is 2.26. The molecule has 0 unspecified atom stereocenters. The maximum Gasteiger partial charge on any atom is 0.255 e. The molecule has 5 heteroatoms. The highest BCUT2D eigenvalue weighted by molar-refractivity contribution is 7.78. The van der Waals surface area contributed by atoms with Gasteiger partial charge in [0, 0.05) is 6.42 Å². The molecule has 0 aromatic rings. The average Bonchev–Trinajstić information content (AvgIpc) is 1.84. The van der Waals surface area contributed by atoms with Crippen molar-refractivity contribution in [3.63, 3.8) is 0 Å². The van der Waals surface area contributed by atoms with E-state index < -0.39 is 5.91 Å². The normalized spacial score (nSPS) is 8.25. The van der Waals surface area contributed by atoms with Crippen molar-refractivity contribution >= 4 is 18.7 Å². The van der Waals surface area contributed by atoms with E-state index in [-0.39, 0.29) is 6.42 Å². The SMILES string of the molecule is CCC(=O)N(S)N=O. The van der Waals surface area contributed by atoms with E-state index in [0.29, 0.717) is 4.41 Å². The summed E-state index contributed by atoms with van der Waals surface area (Å²) in [6.07, 6.45) is 0.245. The summed E-state index contributed by atoms with van der Waals surface area (Å²) in [7, 11) is 0. The number of nitroso groups, excluding NO2 is 1. The molecule has 0 aliphatic heterocycles. The molecule has 0 aromatic heterocycles. The summed E-state index contributed by atoms with van der Waals surface area (Å²) in [6, 6.07) is 0. The van der Waals surface area contributed by atoms with Crippen molar-refractivity contribution in [1.82, 2.24) is 4.41 Å². The average molecular weight is 134 g/mol. The highest BCUT2D eigenvalue weighted by Crippen LogP contribution is 1.95. The fourth-order valence-electron chi connectivity index (χ4n) is 0.187. The van der Waals surface area contributed by atoms with Crippen LogP contribution in [-0.2, 0) is 4.79 Å². The fourth-order valence-corrected chi connectivity index (χ4v) is 0.328. The first-order valence-corrected chi connectivity index (χ1v) is 2.47. The van der Waals surface area contributed by atoms with Crippen LogP contribution in [0, 0.1) is 4.91 Å². The molecule has 4 nitrogen and oxygen atoms in total.